The summed E-state index contributed by atoms with van der Waals surface area (Å²) in [5.74, 6) is 0.468. The van der Waals surface area contributed by atoms with Crippen LogP contribution < -0.4 is 14.2 Å². The van der Waals surface area contributed by atoms with Crippen molar-refractivity contribution < 1.29 is 31.6 Å². The monoisotopic (exact) mass is 646 g/mol. The number of aryl methyl sites for hydroxylation is 1. The fourth-order valence-electron chi connectivity index (χ4n) is 3.79. The van der Waals surface area contributed by atoms with Gasteiger partial charge in [-0.05, 0) is 79.6 Å². The summed E-state index contributed by atoms with van der Waals surface area (Å²) in [6.45, 7) is 3.86. The minimum atomic E-state index is -4.68. The van der Waals surface area contributed by atoms with Crippen LogP contribution in [0.4, 0.5) is 28.4 Å². The van der Waals surface area contributed by atoms with Crippen molar-refractivity contribution in [1.29, 1.82) is 0 Å². The molecule has 13 nitrogen and oxygen atoms in total. The van der Waals surface area contributed by atoms with E-state index in [-0.39, 0.29) is 36.1 Å². The summed E-state index contributed by atoms with van der Waals surface area (Å²) in [4.78, 5) is 10.1. The Kier molecular flexibility index (Phi) is 12.0. The maximum absolute atomic E-state index is 12.8. The van der Waals surface area contributed by atoms with Crippen molar-refractivity contribution in [3.63, 3.8) is 0 Å². The van der Waals surface area contributed by atoms with Gasteiger partial charge in [-0.25, -0.2) is 16.8 Å². The molecule has 16 heteroatoms. The first-order valence-corrected chi connectivity index (χ1v) is 16.2. The minimum Gasteiger partial charge on any atom is -0.489 e. The van der Waals surface area contributed by atoms with E-state index in [2.05, 4.69) is 15.5 Å². The fourth-order valence-corrected chi connectivity index (χ4v) is 6.74. The van der Waals surface area contributed by atoms with E-state index < -0.39 is 41.7 Å². The number of hydrogen-bond donors (Lipinski definition) is 3. The molecule has 0 aliphatic rings. The van der Waals surface area contributed by atoms with E-state index in [1.807, 2.05) is 19.9 Å². The number of hydrogen-bond acceptors (Lipinski definition) is 11. The second-order valence-corrected chi connectivity index (χ2v) is 13.2. The van der Waals surface area contributed by atoms with Crippen molar-refractivity contribution >= 4 is 67.3 Å². The number of rotatable bonds is 13. The van der Waals surface area contributed by atoms with Crippen LogP contribution in [0.15, 0.2) is 111 Å². The normalized spacial score (nSPS) is 12.3. The Labute approximate surface area is 272 Å². The van der Waals surface area contributed by atoms with Gasteiger partial charge in [-0.1, -0.05) is 31.2 Å². The number of nitrogens with zero attached hydrogens (tertiary/aromatic N) is 3. The van der Waals surface area contributed by atoms with Crippen molar-refractivity contribution in [3.05, 3.63) is 107 Å². The molecule has 0 fully saturated rings. The average Bonchev–Trinajstić information content (AvgIpc) is 3.00. The topological polar surface area (TPSA) is 190 Å². The van der Waals surface area contributed by atoms with Crippen LogP contribution in [0.3, 0.4) is 0 Å². The third-order valence-corrected chi connectivity index (χ3v) is 9.71. The van der Waals surface area contributed by atoms with Crippen LogP contribution in [-0.2, 0) is 20.0 Å². The Balaban J connectivity index is 0.00000552. The van der Waals surface area contributed by atoms with Crippen molar-refractivity contribution in [2.75, 3.05) is 11.9 Å². The third kappa shape index (κ3) is 9.44. The molecule has 4 rings (SSSR count). The zero-order valence-corrected chi connectivity index (χ0v) is 26.2. The Hall–Kier alpha value is -4.10. The van der Waals surface area contributed by atoms with E-state index in [0.29, 0.717) is 29.2 Å². The summed E-state index contributed by atoms with van der Waals surface area (Å²) in [5, 5.41) is 33.0. The summed E-state index contributed by atoms with van der Waals surface area (Å²) in [7, 11) is -9.13. The first-order valence-electron chi connectivity index (χ1n) is 13.2. The second-order valence-electron chi connectivity index (χ2n) is 9.56. The van der Waals surface area contributed by atoms with Gasteiger partial charge in [0.15, 0.2) is 0 Å². The van der Waals surface area contributed by atoms with Crippen LogP contribution in [0.5, 0.6) is 5.75 Å². The predicted octanol–water partition coefficient (Wildman–Crippen LogP) is 5.50. The van der Waals surface area contributed by atoms with E-state index in [1.54, 1.807) is 46.6 Å². The molecule has 0 heterocycles. The van der Waals surface area contributed by atoms with Crippen LogP contribution in [0.25, 0.3) is 0 Å². The molecule has 0 aliphatic heterocycles. The summed E-state index contributed by atoms with van der Waals surface area (Å²) >= 11 is 0. The molecule has 0 bridgehead atoms. The van der Waals surface area contributed by atoms with E-state index in [1.165, 1.54) is 30.3 Å². The van der Waals surface area contributed by atoms with E-state index in [9.17, 15) is 32.1 Å². The fraction of sp³-hybridized carbons (Fsp3) is 0.172. The SMILES string of the molecule is CCC(O)COc1ccc(C)cc1N=Nc1ccc(Nc2ccc(S(=O)(=O)NS(=O)(=O)c3ccccc3)cc2[N+](=O)[O-])cc1.[Li]. The molecule has 0 spiro atoms. The molecular formula is C29H29LiN5O8S2. The number of ether oxygens (including phenoxy) is 1. The van der Waals surface area contributed by atoms with Gasteiger partial charge in [-0.2, -0.15) is 5.11 Å². The molecule has 0 saturated carbocycles. The largest absolute Gasteiger partial charge is 0.489 e. The number of aliphatic hydroxyl groups is 1. The van der Waals surface area contributed by atoms with E-state index in [0.717, 1.165) is 17.7 Å². The van der Waals surface area contributed by atoms with Gasteiger partial charge in [0, 0.05) is 30.6 Å². The van der Waals surface area contributed by atoms with Gasteiger partial charge in [0.2, 0.25) is 0 Å². The number of anilines is 2. The number of benzene rings is 4. The molecule has 231 valence electrons. The first kappa shape index (κ1) is 35.4. The molecule has 1 unspecified atom stereocenters. The number of azo groups is 1. The summed E-state index contributed by atoms with van der Waals surface area (Å²) in [5.41, 5.74) is 1.71. The summed E-state index contributed by atoms with van der Waals surface area (Å²) in [6.07, 6.45) is -0.0591. The molecule has 4 aromatic rings. The second kappa shape index (κ2) is 15.3. The van der Waals surface area contributed by atoms with Gasteiger partial charge >= 0.3 is 0 Å². The first-order chi connectivity index (χ1) is 20.9. The zero-order valence-electron chi connectivity index (χ0n) is 24.6. The molecule has 1 atom stereocenters. The maximum atomic E-state index is 12.8. The van der Waals surface area contributed by atoms with Crippen molar-refractivity contribution in [1.82, 2.24) is 4.13 Å². The molecule has 45 heavy (non-hydrogen) atoms. The summed E-state index contributed by atoms with van der Waals surface area (Å²) < 4.78 is 58.0. The molecule has 4 aromatic carbocycles. The van der Waals surface area contributed by atoms with Crippen molar-refractivity contribution in [2.24, 2.45) is 10.2 Å². The molecule has 3 N–H and O–H groups in total. The number of sulfonamides is 2. The van der Waals surface area contributed by atoms with Crippen LogP contribution in [-0.4, -0.2) is 58.4 Å². The Bertz CT molecular complexity index is 1890. The molecule has 1 radical (unpaired) electrons. The minimum absolute atomic E-state index is 0. The predicted molar refractivity (Wildman–Crippen MR) is 170 cm³/mol. The van der Waals surface area contributed by atoms with Crippen molar-refractivity contribution in [2.45, 2.75) is 36.2 Å². The average molecular weight is 647 g/mol. The third-order valence-electron chi connectivity index (χ3n) is 6.19. The number of nitrogens with one attached hydrogen (secondary N) is 2. The molecule has 0 saturated heterocycles. The molecule has 0 amide bonds. The van der Waals surface area contributed by atoms with Gasteiger partial charge in [-0.3, -0.25) is 10.1 Å². The van der Waals surface area contributed by atoms with E-state index in [4.69, 9.17) is 4.74 Å². The van der Waals surface area contributed by atoms with Crippen LogP contribution in [0, 0.1) is 17.0 Å². The smallest absolute Gasteiger partial charge is 0.294 e. The maximum Gasteiger partial charge on any atom is 0.294 e. The van der Waals surface area contributed by atoms with Gasteiger partial charge in [0.25, 0.3) is 25.7 Å². The van der Waals surface area contributed by atoms with Crippen LogP contribution in [0.2, 0.25) is 0 Å². The quantitative estimate of drug-likeness (QED) is 0.0729. The Morgan fingerprint density at radius 3 is 2.20 bits per heavy atom. The summed E-state index contributed by atoms with van der Waals surface area (Å²) in [6, 6.07) is 21.7. The Morgan fingerprint density at radius 1 is 0.889 bits per heavy atom. The van der Waals surface area contributed by atoms with Gasteiger partial charge in [0.1, 0.15) is 23.7 Å². The van der Waals surface area contributed by atoms with Crippen molar-refractivity contribution in [3.8, 4) is 5.75 Å². The zero-order chi connectivity index (χ0) is 31.9. The number of nitro benzene ring substituents is 1. The number of nitro groups is 1. The Morgan fingerprint density at radius 2 is 1.56 bits per heavy atom. The van der Waals surface area contributed by atoms with Gasteiger partial charge < -0.3 is 15.2 Å². The molecule has 0 aliphatic carbocycles. The van der Waals surface area contributed by atoms with Gasteiger partial charge in [-0.15, -0.1) is 9.24 Å². The van der Waals surface area contributed by atoms with E-state index >= 15 is 0 Å². The number of aliphatic hydroxyl groups excluding tert-OH is 1. The standard InChI is InChI=1S/C29H29N5O8S2.Li/c1-3-23(35)19-42-29-16-9-20(2)17-27(29)32-31-22-12-10-21(11-13-22)30-26-15-14-25(18-28(26)34(36)37)44(40,41)33-43(38,39)24-7-5-4-6-8-24;/h4-18,23,30,33,35H,3,19H2,1-2H3;. The van der Waals surface area contributed by atoms with Crippen LogP contribution in [0.1, 0.15) is 18.9 Å². The van der Waals surface area contributed by atoms with Crippen LogP contribution >= 0.6 is 0 Å². The molecule has 0 aromatic heterocycles. The van der Waals surface area contributed by atoms with Gasteiger partial charge in [0.05, 0.1) is 26.5 Å². The molecular weight excluding hydrogens is 617 g/mol.